The van der Waals surface area contributed by atoms with E-state index >= 15 is 0 Å². The summed E-state index contributed by atoms with van der Waals surface area (Å²) >= 11 is 0. The number of anilines is 1. The number of esters is 1. The Bertz CT molecular complexity index is 502. The number of pyridine rings is 1. The monoisotopic (exact) mass is 204 g/mol. The molecule has 0 saturated heterocycles. The Labute approximate surface area is 87.3 Å². The molecule has 2 heterocycles. The first kappa shape index (κ1) is 9.58. The van der Waals surface area contributed by atoms with Crippen molar-refractivity contribution in [1.82, 2.24) is 4.40 Å². The first-order valence-electron chi connectivity index (χ1n) is 4.76. The van der Waals surface area contributed by atoms with E-state index in [0.29, 0.717) is 18.0 Å². The molecule has 0 atom stereocenters. The summed E-state index contributed by atoms with van der Waals surface area (Å²) in [7, 11) is 0. The summed E-state index contributed by atoms with van der Waals surface area (Å²) in [6.07, 6.45) is 1.76. The van der Waals surface area contributed by atoms with Gasteiger partial charge in [0.1, 0.15) is 5.69 Å². The van der Waals surface area contributed by atoms with Gasteiger partial charge in [0, 0.05) is 17.4 Å². The molecular weight excluding hydrogens is 192 g/mol. The minimum Gasteiger partial charge on any atom is -0.461 e. The first-order valence-corrected chi connectivity index (χ1v) is 4.76. The van der Waals surface area contributed by atoms with Gasteiger partial charge in [0.15, 0.2) is 0 Å². The van der Waals surface area contributed by atoms with Gasteiger partial charge in [-0.1, -0.05) is 0 Å². The lowest BCUT2D eigenvalue weighted by molar-refractivity contribution is 0.0518. The van der Waals surface area contributed by atoms with Crippen LogP contribution < -0.4 is 5.73 Å². The van der Waals surface area contributed by atoms with Crippen LogP contribution in [0.1, 0.15) is 17.4 Å². The highest BCUT2D eigenvalue weighted by Crippen LogP contribution is 2.14. The molecule has 78 valence electrons. The van der Waals surface area contributed by atoms with E-state index in [1.165, 1.54) is 0 Å². The van der Waals surface area contributed by atoms with E-state index in [-0.39, 0.29) is 5.97 Å². The molecule has 15 heavy (non-hydrogen) atoms. The number of carbonyl (C=O) groups is 1. The van der Waals surface area contributed by atoms with E-state index in [1.54, 1.807) is 29.7 Å². The van der Waals surface area contributed by atoms with Gasteiger partial charge >= 0.3 is 5.97 Å². The van der Waals surface area contributed by atoms with Gasteiger partial charge in [0.2, 0.25) is 0 Å². The van der Waals surface area contributed by atoms with Crippen molar-refractivity contribution in [2.75, 3.05) is 12.3 Å². The number of hydrogen-bond donors (Lipinski definition) is 1. The number of ether oxygens (including phenoxy) is 1. The van der Waals surface area contributed by atoms with E-state index in [4.69, 9.17) is 10.5 Å². The van der Waals surface area contributed by atoms with Crippen LogP contribution in [0.5, 0.6) is 0 Å². The maximum absolute atomic E-state index is 11.5. The second-order valence-corrected chi connectivity index (χ2v) is 3.19. The highest BCUT2D eigenvalue weighted by Gasteiger charge is 2.11. The molecule has 0 radical (unpaired) electrons. The summed E-state index contributed by atoms with van der Waals surface area (Å²) in [4.78, 5) is 11.5. The summed E-state index contributed by atoms with van der Waals surface area (Å²) < 4.78 is 6.69. The number of nitrogens with two attached hydrogens (primary N) is 1. The van der Waals surface area contributed by atoms with Crippen LogP contribution in [0, 0.1) is 0 Å². The SMILES string of the molecule is CCOC(=O)c1ccc2cc(N)ccn12. The number of aromatic nitrogens is 1. The molecule has 2 aromatic rings. The first-order chi connectivity index (χ1) is 7.22. The summed E-state index contributed by atoms with van der Waals surface area (Å²) in [5.41, 5.74) is 7.72. The fraction of sp³-hybridized carbons (Fsp3) is 0.182. The van der Waals surface area contributed by atoms with E-state index in [9.17, 15) is 4.79 Å². The third-order valence-electron chi connectivity index (χ3n) is 2.16. The number of hydrogen-bond acceptors (Lipinski definition) is 3. The fourth-order valence-corrected chi connectivity index (χ4v) is 1.50. The Hall–Kier alpha value is -1.97. The molecule has 0 fully saturated rings. The number of nitrogens with zero attached hydrogens (tertiary/aromatic N) is 1. The zero-order chi connectivity index (χ0) is 10.8. The molecule has 0 saturated carbocycles. The quantitative estimate of drug-likeness (QED) is 0.757. The fourth-order valence-electron chi connectivity index (χ4n) is 1.50. The van der Waals surface area contributed by atoms with Gasteiger partial charge in [-0.05, 0) is 31.2 Å². The van der Waals surface area contributed by atoms with Crippen molar-refractivity contribution < 1.29 is 9.53 Å². The molecule has 0 spiro atoms. The van der Waals surface area contributed by atoms with Gasteiger partial charge in [-0.15, -0.1) is 0 Å². The van der Waals surface area contributed by atoms with Crippen LogP contribution in [0.15, 0.2) is 30.5 Å². The molecular formula is C11H12N2O2. The van der Waals surface area contributed by atoms with Crippen LogP contribution in [0.2, 0.25) is 0 Å². The predicted molar refractivity (Wildman–Crippen MR) is 57.8 cm³/mol. The summed E-state index contributed by atoms with van der Waals surface area (Å²) in [5, 5.41) is 0. The number of fused-ring (bicyclic) bond motifs is 1. The van der Waals surface area contributed by atoms with Gasteiger partial charge in [0.05, 0.1) is 6.61 Å². The summed E-state index contributed by atoms with van der Waals surface area (Å²) in [5.74, 6) is -0.317. The normalized spacial score (nSPS) is 10.5. The Morgan fingerprint density at radius 1 is 1.47 bits per heavy atom. The van der Waals surface area contributed by atoms with E-state index < -0.39 is 0 Å². The Balaban J connectivity index is 2.49. The molecule has 0 aromatic carbocycles. The zero-order valence-corrected chi connectivity index (χ0v) is 8.43. The molecule has 0 amide bonds. The Morgan fingerprint density at radius 3 is 3.00 bits per heavy atom. The van der Waals surface area contributed by atoms with Crippen LogP contribution >= 0.6 is 0 Å². The minimum absolute atomic E-state index is 0.317. The van der Waals surface area contributed by atoms with E-state index in [0.717, 1.165) is 5.52 Å². The largest absolute Gasteiger partial charge is 0.461 e. The molecule has 4 heteroatoms. The Morgan fingerprint density at radius 2 is 2.27 bits per heavy atom. The van der Waals surface area contributed by atoms with Crippen molar-refractivity contribution in [2.24, 2.45) is 0 Å². The molecule has 2 aromatic heterocycles. The standard InChI is InChI=1S/C11H12N2O2/c1-2-15-11(14)10-4-3-9-7-8(12)5-6-13(9)10/h3-7H,2,12H2,1H3. The molecule has 0 aliphatic heterocycles. The van der Waals surface area contributed by atoms with E-state index in [2.05, 4.69) is 0 Å². The van der Waals surface area contributed by atoms with Crippen LogP contribution in [0.25, 0.3) is 5.52 Å². The van der Waals surface area contributed by atoms with Crippen LogP contribution in [0.4, 0.5) is 5.69 Å². The Kier molecular flexibility index (Phi) is 2.33. The predicted octanol–water partition coefficient (Wildman–Crippen LogP) is 1.70. The zero-order valence-electron chi connectivity index (χ0n) is 8.43. The lowest BCUT2D eigenvalue weighted by atomic mass is 10.4. The minimum atomic E-state index is -0.317. The van der Waals surface area contributed by atoms with E-state index in [1.807, 2.05) is 12.1 Å². The van der Waals surface area contributed by atoms with Gasteiger partial charge in [-0.25, -0.2) is 4.79 Å². The lowest BCUT2D eigenvalue weighted by Crippen LogP contribution is -2.07. The maximum Gasteiger partial charge on any atom is 0.355 e. The van der Waals surface area contributed by atoms with Gasteiger partial charge in [-0.3, -0.25) is 0 Å². The average Bonchev–Trinajstić information content (AvgIpc) is 2.60. The van der Waals surface area contributed by atoms with Crippen LogP contribution in [-0.2, 0) is 4.74 Å². The molecule has 0 bridgehead atoms. The van der Waals surface area contributed by atoms with Gasteiger partial charge in [-0.2, -0.15) is 0 Å². The average molecular weight is 204 g/mol. The molecule has 2 rings (SSSR count). The second kappa shape index (κ2) is 3.65. The van der Waals surface area contributed by atoms with Gasteiger partial charge < -0.3 is 14.9 Å². The number of carbonyl (C=O) groups excluding carboxylic acids is 1. The highest BCUT2D eigenvalue weighted by molar-refractivity contribution is 5.89. The van der Waals surface area contributed by atoms with Crippen molar-refractivity contribution in [1.29, 1.82) is 0 Å². The van der Waals surface area contributed by atoms with Crippen molar-refractivity contribution >= 4 is 17.2 Å². The van der Waals surface area contributed by atoms with Gasteiger partial charge in [0.25, 0.3) is 0 Å². The number of nitrogen functional groups attached to an aromatic ring is 1. The van der Waals surface area contributed by atoms with Crippen LogP contribution in [-0.4, -0.2) is 17.0 Å². The third kappa shape index (κ3) is 1.66. The van der Waals surface area contributed by atoms with Crippen molar-refractivity contribution in [3.8, 4) is 0 Å². The molecule has 0 aliphatic rings. The van der Waals surface area contributed by atoms with Crippen molar-refractivity contribution in [2.45, 2.75) is 6.92 Å². The highest BCUT2D eigenvalue weighted by atomic mass is 16.5. The summed E-state index contributed by atoms with van der Waals surface area (Å²) in [6, 6.07) is 7.12. The maximum atomic E-state index is 11.5. The summed E-state index contributed by atoms with van der Waals surface area (Å²) in [6.45, 7) is 2.16. The molecule has 4 nitrogen and oxygen atoms in total. The smallest absolute Gasteiger partial charge is 0.355 e. The second-order valence-electron chi connectivity index (χ2n) is 3.19. The topological polar surface area (TPSA) is 56.7 Å². The van der Waals surface area contributed by atoms with Crippen molar-refractivity contribution in [3.05, 3.63) is 36.2 Å². The van der Waals surface area contributed by atoms with Crippen LogP contribution in [0.3, 0.4) is 0 Å². The molecule has 0 aliphatic carbocycles. The number of rotatable bonds is 2. The van der Waals surface area contributed by atoms with Crippen molar-refractivity contribution in [3.63, 3.8) is 0 Å². The molecule has 2 N–H and O–H groups in total. The third-order valence-corrected chi connectivity index (χ3v) is 2.16. The lowest BCUT2D eigenvalue weighted by Gasteiger charge is -2.02. The molecule has 0 unspecified atom stereocenters.